The summed E-state index contributed by atoms with van der Waals surface area (Å²) in [6.07, 6.45) is 1.30. The zero-order valence-electron chi connectivity index (χ0n) is 12.5. The summed E-state index contributed by atoms with van der Waals surface area (Å²) in [5.41, 5.74) is 0.373. The number of carbonyl (C=O) groups excluding carboxylic acids is 4. The van der Waals surface area contributed by atoms with Crippen LogP contribution < -0.4 is 5.32 Å². The molecule has 2 heterocycles. The average molecular weight is 325 g/mol. The van der Waals surface area contributed by atoms with Crippen molar-refractivity contribution >= 4 is 29.5 Å². The van der Waals surface area contributed by atoms with E-state index in [-0.39, 0.29) is 28.4 Å². The molecule has 1 aliphatic rings. The molecule has 0 saturated carbocycles. The number of amides is 3. The van der Waals surface area contributed by atoms with Crippen LogP contribution in [0.15, 0.2) is 42.6 Å². The molecule has 1 aliphatic heterocycles. The Labute approximate surface area is 136 Å². The molecule has 0 radical (unpaired) electrons. The SMILES string of the molecule is CC(=O)Nc1cc(C(=O)ON2C(=O)c3ccccc3C2=O)ccn1. The lowest BCUT2D eigenvalue weighted by atomic mass is 10.1. The molecule has 24 heavy (non-hydrogen) atoms. The Morgan fingerprint density at radius 3 is 2.29 bits per heavy atom. The number of hydrogen-bond donors (Lipinski definition) is 1. The molecule has 0 atom stereocenters. The highest BCUT2D eigenvalue weighted by molar-refractivity contribution is 6.21. The van der Waals surface area contributed by atoms with E-state index in [4.69, 9.17) is 4.84 Å². The highest BCUT2D eigenvalue weighted by Gasteiger charge is 2.38. The van der Waals surface area contributed by atoms with Crippen molar-refractivity contribution in [2.75, 3.05) is 5.32 Å². The molecule has 2 aromatic rings. The van der Waals surface area contributed by atoms with E-state index in [1.54, 1.807) is 12.1 Å². The summed E-state index contributed by atoms with van der Waals surface area (Å²) in [6.45, 7) is 1.30. The maximum Gasteiger partial charge on any atom is 0.364 e. The number of imide groups is 1. The van der Waals surface area contributed by atoms with E-state index in [1.165, 1.54) is 37.4 Å². The normalized spacial score (nSPS) is 12.8. The van der Waals surface area contributed by atoms with Crippen LogP contribution in [0.5, 0.6) is 0 Å². The molecule has 8 nitrogen and oxygen atoms in total. The van der Waals surface area contributed by atoms with Gasteiger partial charge in [-0.1, -0.05) is 17.2 Å². The standard InChI is InChI=1S/C16H11N3O5/c1-9(20)18-13-8-10(6-7-17-13)16(23)24-19-14(21)11-4-2-3-5-12(11)15(19)22/h2-8H,1H3,(H,17,18,20). The fraction of sp³-hybridized carbons (Fsp3) is 0.0625. The molecule has 1 N–H and O–H groups in total. The topological polar surface area (TPSA) is 106 Å². The zero-order chi connectivity index (χ0) is 17.3. The minimum Gasteiger partial charge on any atom is -0.324 e. The molecule has 0 spiro atoms. The number of benzene rings is 1. The predicted molar refractivity (Wildman–Crippen MR) is 80.9 cm³/mol. The summed E-state index contributed by atoms with van der Waals surface area (Å²) in [5.74, 6) is -2.54. The van der Waals surface area contributed by atoms with E-state index in [2.05, 4.69) is 10.3 Å². The number of pyridine rings is 1. The quantitative estimate of drug-likeness (QED) is 0.855. The van der Waals surface area contributed by atoms with Gasteiger partial charge in [-0.05, 0) is 24.3 Å². The lowest BCUT2D eigenvalue weighted by molar-refractivity contribution is -0.114. The predicted octanol–water partition coefficient (Wildman–Crippen LogP) is 1.41. The van der Waals surface area contributed by atoms with Crippen molar-refractivity contribution in [3.8, 4) is 0 Å². The summed E-state index contributed by atoms with van der Waals surface area (Å²) >= 11 is 0. The smallest absolute Gasteiger partial charge is 0.324 e. The van der Waals surface area contributed by atoms with Crippen LogP contribution in [-0.4, -0.2) is 33.7 Å². The number of carbonyl (C=O) groups is 4. The maximum absolute atomic E-state index is 12.2. The van der Waals surface area contributed by atoms with Crippen molar-refractivity contribution in [2.45, 2.75) is 6.92 Å². The van der Waals surface area contributed by atoms with Gasteiger partial charge in [0.2, 0.25) is 5.91 Å². The lowest BCUT2D eigenvalue weighted by Gasteiger charge is -2.12. The molecular formula is C16H11N3O5. The van der Waals surface area contributed by atoms with Crippen molar-refractivity contribution in [2.24, 2.45) is 0 Å². The number of fused-ring (bicyclic) bond motifs is 1. The number of rotatable bonds is 3. The third-order valence-corrected chi connectivity index (χ3v) is 3.23. The summed E-state index contributed by atoms with van der Waals surface area (Å²) in [6, 6.07) is 8.79. The number of hydrogen-bond acceptors (Lipinski definition) is 6. The second-order valence-corrected chi connectivity index (χ2v) is 4.94. The van der Waals surface area contributed by atoms with Gasteiger partial charge in [0.15, 0.2) is 0 Å². The molecule has 0 bridgehead atoms. The van der Waals surface area contributed by atoms with Gasteiger partial charge in [0.05, 0.1) is 16.7 Å². The Morgan fingerprint density at radius 2 is 1.71 bits per heavy atom. The summed E-state index contributed by atoms with van der Waals surface area (Å²) in [7, 11) is 0. The van der Waals surface area contributed by atoms with E-state index in [1.807, 2.05) is 0 Å². The molecule has 3 rings (SSSR count). The summed E-state index contributed by atoms with van der Waals surface area (Å²) in [4.78, 5) is 56.3. The average Bonchev–Trinajstić information content (AvgIpc) is 2.80. The van der Waals surface area contributed by atoms with Crippen LogP contribution >= 0.6 is 0 Å². The molecule has 0 saturated heterocycles. The molecule has 8 heteroatoms. The fourth-order valence-corrected chi connectivity index (χ4v) is 2.19. The van der Waals surface area contributed by atoms with Crippen LogP contribution in [0.1, 0.15) is 38.0 Å². The first-order valence-corrected chi connectivity index (χ1v) is 6.91. The van der Waals surface area contributed by atoms with Crippen molar-refractivity contribution in [1.29, 1.82) is 0 Å². The minimum absolute atomic E-state index is 0.0327. The van der Waals surface area contributed by atoms with Crippen LogP contribution in [0, 0.1) is 0 Å². The first-order chi connectivity index (χ1) is 11.5. The van der Waals surface area contributed by atoms with E-state index < -0.39 is 17.8 Å². The van der Waals surface area contributed by atoms with Gasteiger partial charge in [-0.2, -0.15) is 0 Å². The largest absolute Gasteiger partial charge is 0.364 e. The number of nitrogens with one attached hydrogen (secondary N) is 1. The first-order valence-electron chi connectivity index (χ1n) is 6.91. The Morgan fingerprint density at radius 1 is 1.08 bits per heavy atom. The number of hydroxylamine groups is 2. The Bertz CT molecular complexity index is 843. The number of aromatic nitrogens is 1. The van der Waals surface area contributed by atoms with Gasteiger partial charge < -0.3 is 10.2 Å². The fourth-order valence-electron chi connectivity index (χ4n) is 2.19. The van der Waals surface area contributed by atoms with Crippen molar-refractivity contribution in [3.05, 3.63) is 59.3 Å². The molecule has 3 amide bonds. The lowest BCUT2D eigenvalue weighted by Crippen LogP contribution is -2.32. The molecule has 0 fully saturated rings. The van der Waals surface area contributed by atoms with Gasteiger partial charge in [0.1, 0.15) is 5.82 Å². The van der Waals surface area contributed by atoms with Gasteiger partial charge in [-0.15, -0.1) is 0 Å². The van der Waals surface area contributed by atoms with Crippen LogP contribution in [0.3, 0.4) is 0 Å². The van der Waals surface area contributed by atoms with Gasteiger partial charge in [0.25, 0.3) is 11.8 Å². The van der Waals surface area contributed by atoms with Crippen molar-refractivity contribution < 1.29 is 24.0 Å². The third-order valence-electron chi connectivity index (χ3n) is 3.23. The first kappa shape index (κ1) is 15.3. The van der Waals surface area contributed by atoms with E-state index in [9.17, 15) is 19.2 Å². The van der Waals surface area contributed by atoms with Gasteiger partial charge >= 0.3 is 5.97 Å². The van der Waals surface area contributed by atoms with Crippen LogP contribution in [0.2, 0.25) is 0 Å². The molecule has 1 aromatic carbocycles. The second-order valence-electron chi connectivity index (χ2n) is 4.94. The van der Waals surface area contributed by atoms with Gasteiger partial charge in [-0.3, -0.25) is 14.4 Å². The molecule has 0 unspecified atom stereocenters. The maximum atomic E-state index is 12.2. The molecule has 120 valence electrons. The van der Waals surface area contributed by atoms with Gasteiger partial charge in [-0.25, -0.2) is 9.78 Å². The van der Waals surface area contributed by atoms with Crippen LogP contribution in [0.25, 0.3) is 0 Å². The highest BCUT2D eigenvalue weighted by Crippen LogP contribution is 2.23. The summed E-state index contributed by atoms with van der Waals surface area (Å²) in [5, 5.41) is 2.84. The minimum atomic E-state index is -0.918. The highest BCUT2D eigenvalue weighted by atomic mass is 16.7. The Hall–Kier alpha value is -3.55. The number of anilines is 1. The van der Waals surface area contributed by atoms with Gasteiger partial charge in [0, 0.05) is 13.1 Å². The second kappa shape index (κ2) is 5.92. The zero-order valence-corrected chi connectivity index (χ0v) is 12.5. The van der Waals surface area contributed by atoms with Crippen LogP contribution in [-0.2, 0) is 9.63 Å². The van der Waals surface area contributed by atoms with E-state index in [0.29, 0.717) is 5.06 Å². The molecular weight excluding hydrogens is 314 g/mol. The van der Waals surface area contributed by atoms with E-state index in [0.717, 1.165) is 0 Å². The van der Waals surface area contributed by atoms with Crippen LogP contribution in [0.4, 0.5) is 5.82 Å². The van der Waals surface area contributed by atoms with Crippen molar-refractivity contribution in [1.82, 2.24) is 10.0 Å². The number of nitrogens with zero attached hydrogens (tertiary/aromatic N) is 2. The Kier molecular flexibility index (Phi) is 3.78. The summed E-state index contributed by atoms with van der Waals surface area (Å²) < 4.78 is 0. The monoisotopic (exact) mass is 325 g/mol. The van der Waals surface area contributed by atoms with Crippen molar-refractivity contribution in [3.63, 3.8) is 0 Å². The molecule has 1 aromatic heterocycles. The Balaban J connectivity index is 1.80. The third kappa shape index (κ3) is 2.72. The molecule has 0 aliphatic carbocycles. The van der Waals surface area contributed by atoms with E-state index >= 15 is 0 Å².